The van der Waals surface area contributed by atoms with Crippen molar-refractivity contribution in [3.05, 3.63) is 65.7 Å². The van der Waals surface area contributed by atoms with E-state index in [1.54, 1.807) is 0 Å². The Hall–Kier alpha value is -2.33. The van der Waals surface area contributed by atoms with Crippen molar-refractivity contribution in [3.63, 3.8) is 0 Å². The third-order valence-electron chi connectivity index (χ3n) is 5.13. The van der Waals surface area contributed by atoms with E-state index in [9.17, 15) is 4.79 Å². The summed E-state index contributed by atoms with van der Waals surface area (Å²) in [5, 5.41) is 0. The molecule has 0 aromatic heterocycles. The van der Waals surface area contributed by atoms with Gasteiger partial charge < -0.3 is 15.4 Å². The lowest BCUT2D eigenvalue weighted by molar-refractivity contribution is -0.135. The molecule has 4 rings (SSSR count). The van der Waals surface area contributed by atoms with Crippen molar-refractivity contribution in [1.82, 2.24) is 4.90 Å². The highest BCUT2D eigenvalue weighted by Crippen LogP contribution is 2.31. The van der Waals surface area contributed by atoms with E-state index in [0.717, 1.165) is 17.7 Å². The van der Waals surface area contributed by atoms with Crippen LogP contribution < -0.4 is 10.5 Å². The molecular formula is C20H22N2O2. The molecule has 1 saturated heterocycles. The van der Waals surface area contributed by atoms with Crippen LogP contribution in [0.25, 0.3) is 0 Å². The van der Waals surface area contributed by atoms with Gasteiger partial charge in [-0.05, 0) is 23.6 Å². The average molecular weight is 322 g/mol. The number of nitrogens with two attached hydrogens (primary N) is 1. The topological polar surface area (TPSA) is 55.6 Å². The number of rotatable bonds is 2. The van der Waals surface area contributed by atoms with Crippen molar-refractivity contribution < 1.29 is 9.53 Å². The van der Waals surface area contributed by atoms with Crippen LogP contribution in [0.4, 0.5) is 0 Å². The summed E-state index contributed by atoms with van der Waals surface area (Å²) in [6.45, 7) is 1.77. The quantitative estimate of drug-likeness (QED) is 0.922. The Bertz CT molecular complexity index is 731. The minimum atomic E-state index is -0.110. The molecule has 0 aliphatic carbocycles. The predicted molar refractivity (Wildman–Crippen MR) is 92.9 cm³/mol. The van der Waals surface area contributed by atoms with E-state index in [4.69, 9.17) is 10.5 Å². The lowest BCUT2D eigenvalue weighted by atomic mass is 9.95. The highest BCUT2D eigenvalue weighted by atomic mass is 16.5. The van der Waals surface area contributed by atoms with E-state index in [1.807, 2.05) is 47.4 Å². The highest BCUT2D eigenvalue weighted by Gasteiger charge is 2.37. The summed E-state index contributed by atoms with van der Waals surface area (Å²) < 4.78 is 5.78. The van der Waals surface area contributed by atoms with Crippen molar-refractivity contribution in [1.29, 1.82) is 0 Å². The molecular weight excluding hydrogens is 300 g/mol. The van der Waals surface area contributed by atoms with Gasteiger partial charge >= 0.3 is 0 Å². The molecule has 0 bridgehead atoms. The molecule has 2 N–H and O–H groups in total. The Kier molecular flexibility index (Phi) is 3.98. The Labute approximate surface area is 142 Å². The molecule has 2 heterocycles. The predicted octanol–water partition coefficient (Wildman–Crippen LogP) is 2.19. The summed E-state index contributed by atoms with van der Waals surface area (Å²) in [6, 6.07) is 18.2. The van der Waals surface area contributed by atoms with Gasteiger partial charge in [0.1, 0.15) is 12.4 Å². The molecule has 0 saturated carbocycles. The SMILES string of the molecule is N[C@@H]1CN(C(=O)C2COc3ccccc3C2)C[C@H]1c1ccccc1. The third-order valence-corrected chi connectivity index (χ3v) is 5.13. The number of nitrogens with zero attached hydrogens (tertiary/aromatic N) is 1. The van der Waals surface area contributed by atoms with Gasteiger partial charge in [-0.1, -0.05) is 48.5 Å². The molecule has 4 heteroatoms. The lowest BCUT2D eigenvalue weighted by Gasteiger charge is -2.28. The van der Waals surface area contributed by atoms with Gasteiger partial charge in [0, 0.05) is 25.0 Å². The number of para-hydroxylation sites is 1. The van der Waals surface area contributed by atoms with Crippen LogP contribution in [0.5, 0.6) is 5.75 Å². The second-order valence-electron chi connectivity index (χ2n) is 6.74. The van der Waals surface area contributed by atoms with Gasteiger partial charge in [0.15, 0.2) is 0 Å². The first kappa shape index (κ1) is 15.2. The zero-order valence-corrected chi connectivity index (χ0v) is 13.6. The van der Waals surface area contributed by atoms with Crippen LogP contribution in [0, 0.1) is 5.92 Å². The van der Waals surface area contributed by atoms with Crippen molar-refractivity contribution in [2.75, 3.05) is 19.7 Å². The first-order valence-electron chi connectivity index (χ1n) is 8.52. The van der Waals surface area contributed by atoms with E-state index >= 15 is 0 Å². The van der Waals surface area contributed by atoms with E-state index in [0.29, 0.717) is 19.7 Å². The van der Waals surface area contributed by atoms with E-state index in [2.05, 4.69) is 12.1 Å². The molecule has 24 heavy (non-hydrogen) atoms. The van der Waals surface area contributed by atoms with E-state index in [-0.39, 0.29) is 23.8 Å². The van der Waals surface area contributed by atoms with E-state index in [1.165, 1.54) is 5.56 Å². The van der Waals surface area contributed by atoms with Gasteiger partial charge in [-0.3, -0.25) is 4.79 Å². The molecule has 2 aliphatic rings. The molecule has 1 fully saturated rings. The van der Waals surface area contributed by atoms with Crippen LogP contribution in [0.15, 0.2) is 54.6 Å². The molecule has 0 spiro atoms. The first-order chi connectivity index (χ1) is 11.7. The number of amides is 1. The van der Waals surface area contributed by atoms with Gasteiger partial charge in [0.25, 0.3) is 0 Å². The second kappa shape index (κ2) is 6.29. The fourth-order valence-corrected chi connectivity index (χ4v) is 3.81. The molecule has 1 amide bonds. The number of carbonyl (C=O) groups excluding carboxylic acids is 1. The van der Waals surface area contributed by atoms with Crippen LogP contribution >= 0.6 is 0 Å². The maximum Gasteiger partial charge on any atom is 0.229 e. The normalized spacial score (nSPS) is 25.9. The number of likely N-dealkylation sites (tertiary alicyclic amines) is 1. The number of fused-ring (bicyclic) bond motifs is 1. The molecule has 2 aliphatic heterocycles. The largest absolute Gasteiger partial charge is 0.492 e. The number of hydrogen-bond donors (Lipinski definition) is 1. The average Bonchev–Trinajstić information content (AvgIpc) is 3.03. The van der Waals surface area contributed by atoms with Crippen LogP contribution in [0.3, 0.4) is 0 Å². The van der Waals surface area contributed by atoms with Gasteiger partial charge in [-0.25, -0.2) is 0 Å². The second-order valence-corrected chi connectivity index (χ2v) is 6.74. The van der Waals surface area contributed by atoms with Crippen LogP contribution in [-0.2, 0) is 11.2 Å². The highest BCUT2D eigenvalue weighted by molar-refractivity contribution is 5.80. The monoisotopic (exact) mass is 322 g/mol. The molecule has 3 atom stereocenters. The summed E-state index contributed by atoms with van der Waals surface area (Å²) in [6.07, 6.45) is 0.747. The smallest absolute Gasteiger partial charge is 0.229 e. The minimum Gasteiger partial charge on any atom is -0.492 e. The van der Waals surface area contributed by atoms with Crippen molar-refractivity contribution in [3.8, 4) is 5.75 Å². The van der Waals surface area contributed by atoms with E-state index < -0.39 is 0 Å². The number of benzene rings is 2. The fourth-order valence-electron chi connectivity index (χ4n) is 3.81. The third kappa shape index (κ3) is 2.78. The van der Waals surface area contributed by atoms with Crippen molar-refractivity contribution in [2.24, 2.45) is 11.7 Å². The summed E-state index contributed by atoms with van der Waals surface area (Å²) in [5.74, 6) is 1.17. The molecule has 0 radical (unpaired) electrons. The Morgan fingerprint density at radius 2 is 1.79 bits per heavy atom. The zero-order chi connectivity index (χ0) is 16.5. The van der Waals surface area contributed by atoms with Gasteiger partial charge in [-0.2, -0.15) is 0 Å². The van der Waals surface area contributed by atoms with Crippen molar-refractivity contribution in [2.45, 2.75) is 18.4 Å². The van der Waals surface area contributed by atoms with Gasteiger partial charge in [0.2, 0.25) is 5.91 Å². The van der Waals surface area contributed by atoms with Crippen molar-refractivity contribution >= 4 is 5.91 Å². The number of ether oxygens (including phenoxy) is 1. The molecule has 2 aromatic carbocycles. The summed E-state index contributed by atoms with van der Waals surface area (Å²) >= 11 is 0. The standard InChI is InChI=1S/C20H22N2O2/c21-18-12-22(11-17(18)14-6-2-1-3-7-14)20(23)16-10-15-8-4-5-9-19(15)24-13-16/h1-9,16-18H,10-13,21H2/t16?,17-,18+/m0/s1. The van der Waals surface area contributed by atoms with Gasteiger partial charge in [-0.15, -0.1) is 0 Å². The Balaban J connectivity index is 1.46. The van der Waals surface area contributed by atoms with Gasteiger partial charge in [0.05, 0.1) is 5.92 Å². The lowest BCUT2D eigenvalue weighted by Crippen LogP contribution is -2.40. The minimum absolute atomic E-state index is 0.00635. The molecule has 1 unspecified atom stereocenters. The van der Waals surface area contributed by atoms with Crippen LogP contribution in [-0.4, -0.2) is 36.5 Å². The summed E-state index contributed by atoms with van der Waals surface area (Å²) in [5.41, 5.74) is 8.65. The molecule has 124 valence electrons. The maximum absolute atomic E-state index is 12.9. The Morgan fingerprint density at radius 3 is 2.62 bits per heavy atom. The fraction of sp³-hybridized carbons (Fsp3) is 0.350. The first-order valence-corrected chi connectivity index (χ1v) is 8.52. The Morgan fingerprint density at radius 1 is 1.04 bits per heavy atom. The maximum atomic E-state index is 12.9. The summed E-state index contributed by atoms with van der Waals surface area (Å²) in [4.78, 5) is 14.8. The van der Waals surface area contributed by atoms with Crippen LogP contribution in [0.2, 0.25) is 0 Å². The number of hydrogen-bond acceptors (Lipinski definition) is 3. The summed E-state index contributed by atoms with van der Waals surface area (Å²) in [7, 11) is 0. The van der Waals surface area contributed by atoms with Crippen LogP contribution in [0.1, 0.15) is 17.0 Å². The zero-order valence-electron chi connectivity index (χ0n) is 13.6. The molecule has 4 nitrogen and oxygen atoms in total. The number of carbonyl (C=O) groups is 1. The molecule has 2 aromatic rings.